The number of rotatable bonds is 7. The molecule has 3 rings (SSSR count). The lowest BCUT2D eigenvalue weighted by molar-refractivity contribution is -0.385. The first-order valence-electron chi connectivity index (χ1n) is 10.2. The van der Waals surface area contributed by atoms with Gasteiger partial charge >= 0.3 is 6.18 Å². The third kappa shape index (κ3) is 6.08. The third-order valence-corrected chi connectivity index (χ3v) is 7.14. The number of hydrogen-bond donors (Lipinski definition) is 0. The largest absolute Gasteiger partial charge is 0.406 e. The Morgan fingerprint density at radius 3 is 2.36 bits per heavy atom. The maximum Gasteiger partial charge on any atom is 0.406 e. The summed E-state index contributed by atoms with van der Waals surface area (Å²) in [6.45, 7) is -1.66. The summed E-state index contributed by atoms with van der Waals surface area (Å²) in [6, 6.07) is 10.0. The Bertz CT molecular complexity index is 1130. The maximum absolute atomic E-state index is 13.2. The van der Waals surface area contributed by atoms with Crippen LogP contribution in [0, 0.1) is 10.1 Å². The first-order chi connectivity index (χ1) is 15.5. The number of amides is 1. The van der Waals surface area contributed by atoms with Crippen molar-refractivity contribution in [1.82, 2.24) is 9.21 Å². The van der Waals surface area contributed by atoms with Gasteiger partial charge in [-0.05, 0) is 31.0 Å². The number of benzene rings is 2. The second kappa shape index (κ2) is 9.87. The summed E-state index contributed by atoms with van der Waals surface area (Å²) < 4.78 is 66.8. The van der Waals surface area contributed by atoms with E-state index in [0.717, 1.165) is 18.6 Å². The molecule has 8 nitrogen and oxygen atoms in total. The summed E-state index contributed by atoms with van der Waals surface area (Å²) in [6.07, 6.45) is -2.46. The molecule has 0 spiro atoms. The predicted octanol–water partition coefficient (Wildman–Crippen LogP) is 3.97. The molecule has 0 N–H and O–H groups in total. The first kappa shape index (κ1) is 24.6. The van der Waals surface area contributed by atoms with Crippen LogP contribution in [-0.4, -0.2) is 54.3 Å². The summed E-state index contributed by atoms with van der Waals surface area (Å²) >= 11 is 0. The van der Waals surface area contributed by atoms with Crippen molar-refractivity contribution in [3.63, 3.8) is 0 Å². The fraction of sp³-hybridized carbons (Fsp3) is 0.381. The zero-order chi connectivity index (χ0) is 24.2. The first-order valence-corrected chi connectivity index (χ1v) is 11.6. The van der Waals surface area contributed by atoms with E-state index >= 15 is 0 Å². The summed E-state index contributed by atoms with van der Waals surface area (Å²) in [4.78, 5) is 23.8. The van der Waals surface area contributed by atoms with Crippen LogP contribution in [0.1, 0.15) is 35.2 Å². The number of nitro benzene ring substituents is 1. The molecule has 1 heterocycles. The normalized spacial score (nSPS) is 15.2. The molecule has 1 saturated heterocycles. The van der Waals surface area contributed by atoms with E-state index in [4.69, 9.17) is 0 Å². The van der Waals surface area contributed by atoms with E-state index in [0.29, 0.717) is 30.8 Å². The molecule has 2 aromatic carbocycles. The van der Waals surface area contributed by atoms with Gasteiger partial charge in [0.2, 0.25) is 10.0 Å². The van der Waals surface area contributed by atoms with Crippen LogP contribution >= 0.6 is 0 Å². The van der Waals surface area contributed by atoms with E-state index in [1.54, 1.807) is 0 Å². The molecule has 1 amide bonds. The smallest absolute Gasteiger partial charge is 0.325 e. The van der Waals surface area contributed by atoms with Gasteiger partial charge in [0.05, 0.1) is 16.4 Å². The van der Waals surface area contributed by atoms with E-state index in [-0.39, 0.29) is 16.0 Å². The quantitative estimate of drug-likeness (QED) is 0.436. The van der Waals surface area contributed by atoms with Gasteiger partial charge in [0.15, 0.2) is 0 Å². The standard InChI is InChI=1S/C21H22F3N3O5S/c22-21(23,24)15-25(14-17-7-2-3-10-19(17)27(29)30)20(28)16-8-6-9-18(13-16)33(31,32)26-11-4-1-5-12-26/h2-3,6-10,13H,1,4-5,11-12,14-15H2. The molecule has 0 bridgehead atoms. The molecule has 0 radical (unpaired) electrons. The third-order valence-electron chi connectivity index (χ3n) is 5.24. The van der Waals surface area contributed by atoms with Crippen LogP contribution in [0.3, 0.4) is 0 Å². The van der Waals surface area contributed by atoms with Crippen molar-refractivity contribution in [3.8, 4) is 0 Å². The Kier molecular flexibility index (Phi) is 7.38. The summed E-state index contributed by atoms with van der Waals surface area (Å²) in [5.41, 5.74) is -0.744. The van der Waals surface area contributed by atoms with Crippen molar-refractivity contribution < 1.29 is 31.3 Å². The molecule has 0 aromatic heterocycles. The van der Waals surface area contributed by atoms with Gasteiger partial charge in [-0.15, -0.1) is 0 Å². The maximum atomic E-state index is 13.2. The lowest BCUT2D eigenvalue weighted by Gasteiger charge is -2.26. The van der Waals surface area contributed by atoms with Crippen LogP contribution in [-0.2, 0) is 16.6 Å². The second-order valence-corrected chi connectivity index (χ2v) is 9.59. The Labute approximate surface area is 188 Å². The molecule has 1 aliphatic rings. The fourth-order valence-corrected chi connectivity index (χ4v) is 5.23. The Hall–Kier alpha value is -2.99. The molecule has 0 saturated carbocycles. The highest BCUT2D eigenvalue weighted by molar-refractivity contribution is 7.89. The number of nitrogens with zero attached hydrogens (tertiary/aromatic N) is 3. The number of alkyl halides is 3. The van der Waals surface area contributed by atoms with Crippen LogP contribution in [0.15, 0.2) is 53.4 Å². The number of carbonyl (C=O) groups excluding carboxylic acids is 1. The molecule has 1 aliphatic heterocycles. The molecule has 0 unspecified atom stereocenters. The summed E-state index contributed by atoms with van der Waals surface area (Å²) in [7, 11) is -3.90. The number of halogens is 3. The molecular weight excluding hydrogens is 463 g/mol. The summed E-state index contributed by atoms with van der Waals surface area (Å²) in [5.74, 6) is -1.08. The van der Waals surface area contributed by atoms with E-state index in [2.05, 4.69) is 0 Å². The van der Waals surface area contributed by atoms with Crippen LogP contribution in [0.5, 0.6) is 0 Å². The van der Waals surface area contributed by atoms with Crippen molar-refractivity contribution in [2.75, 3.05) is 19.6 Å². The van der Waals surface area contributed by atoms with Crippen molar-refractivity contribution >= 4 is 21.6 Å². The van der Waals surface area contributed by atoms with Crippen molar-refractivity contribution in [3.05, 3.63) is 69.8 Å². The zero-order valence-electron chi connectivity index (χ0n) is 17.5. The topological polar surface area (TPSA) is 101 Å². The Morgan fingerprint density at radius 1 is 1.06 bits per heavy atom. The van der Waals surface area contributed by atoms with Gasteiger partial charge in [-0.3, -0.25) is 14.9 Å². The number of hydrogen-bond acceptors (Lipinski definition) is 5. The van der Waals surface area contributed by atoms with Gasteiger partial charge in [0.25, 0.3) is 11.6 Å². The average Bonchev–Trinajstić information content (AvgIpc) is 2.78. The predicted molar refractivity (Wildman–Crippen MR) is 113 cm³/mol. The fourth-order valence-electron chi connectivity index (χ4n) is 3.67. The van der Waals surface area contributed by atoms with Crippen LogP contribution in [0.25, 0.3) is 0 Å². The van der Waals surface area contributed by atoms with Gasteiger partial charge < -0.3 is 4.90 Å². The lowest BCUT2D eigenvalue weighted by Crippen LogP contribution is -2.39. The van der Waals surface area contributed by atoms with E-state index in [1.165, 1.54) is 40.7 Å². The van der Waals surface area contributed by atoms with E-state index in [9.17, 15) is 36.5 Å². The van der Waals surface area contributed by atoms with Crippen molar-refractivity contribution in [2.24, 2.45) is 0 Å². The molecule has 178 valence electrons. The van der Waals surface area contributed by atoms with Gasteiger partial charge in [0.1, 0.15) is 6.54 Å². The molecule has 2 aromatic rings. The van der Waals surface area contributed by atoms with Gasteiger partial charge in [0, 0.05) is 30.3 Å². The minimum Gasteiger partial charge on any atom is -0.325 e. The molecular formula is C21H22F3N3O5S. The Balaban J connectivity index is 1.94. The number of para-hydroxylation sites is 1. The highest BCUT2D eigenvalue weighted by Crippen LogP contribution is 2.26. The van der Waals surface area contributed by atoms with Crippen molar-refractivity contribution in [1.29, 1.82) is 0 Å². The van der Waals surface area contributed by atoms with Gasteiger partial charge in [-0.2, -0.15) is 17.5 Å². The Morgan fingerprint density at radius 2 is 1.73 bits per heavy atom. The second-order valence-electron chi connectivity index (χ2n) is 7.65. The number of sulfonamides is 1. The zero-order valence-corrected chi connectivity index (χ0v) is 18.3. The highest BCUT2D eigenvalue weighted by atomic mass is 32.2. The van der Waals surface area contributed by atoms with Crippen LogP contribution in [0.2, 0.25) is 0 Å². The number of piperidine rings is 1. The molecule has 33 heavy (non-hydrogen) atoms. The van der Waals surface area contributed by atoms with Crippen LogP contribution in [0.4, 0.5) is 18.9 Å². The van der Waals surface area contributed by atoms with Gasteiger partial charge in [-0.1, -0.05) is 30.7 Å². The van der Waals surface area contributed by atoms with E-state index in [1.807, 2.05) is 0 Å². The molecule has 1 fully saturated rings. The minimum absolute atomic E-state index is 0.0720. The SMILES string of the molecule is O=C(c1cccc(S(=O)(=O)N2CCCCC2)c1)N(Cc1ccccc1[N+](=O)[O-])CC(F)(F)F. The van der Waals surface area contributed by atoms with Crippen LogP contribution < -0.4 is 0 Å². The minimum atomic E-state index is -4.77. The molecule has 0 atom stereocenters. The number of carbonyl (C=O) groups is 1. The summed E-state index contributed by atoms with van der Waals surface area (Å²) in [5, 5.41) is 11.2. The van der Waals surface area contributed by atoms with E-state index < -0.39 is 45.8 Å². The highest BCUT2D eigenvalue weighted by Gasteiger charge is 2.35. The van der Waals surface area contributed by atoms with Crippen molar-refractivity contribution in [2.45, 2.75) is 36.9 Å². The monoisotopic (exact) mass is 485 g/mol. The lowest BCUT2D eigenvalue weighted by atomic mass is 10.1. The number of nitro groups is 1. The molecule has 0 aliphatic carbocycles. The molecule has 12 heteroatoms. The average molecular weight is 485 g/mol. The van der Waals surface area contributed by atoms with Gasteiger partial charge in [-0.25, -0.2) is 8.42 Å².